The van der Waals surface area contributed by atoms with E-state index in [0.29, 0.717) is 0 Å². The molecule has 2 aromatic rings. The summed E-state index contributed by atoms with van der Waals surface area (Å²) in [4.78, 5) is 13.9. The Balaban J connectivity index is 1.97. The molecule has 3 rings (SSSR count). The highest BCUT2D eigenvalue weighted by Gasteiger charge is 2.11. The number of Topliss-reactive ketones (excluding diaryl/α,β-unsaturated/α-hetero) is 1. The monoisotopic (exact) mass is 253 g/mol. The Morgan fingerprint density at radius 3 is 2.37 bits per heavy atom. The lowest BCUT2D eigenvalue weighted by Gasteiger charge is -2.29. The molecule has 0 amide bonds. The van der Waals surface area contributed by atoms with Crippen LogP contribution in [0.3, 0.4) is 0 Å². The third kappa shape index (κ3) is 2.48. The zero-order valence-electron chi connectivity index (χ0n) is 11.4. The molecule has 2 nitrogen and oxygen atoms in total. The topological polar surface area (TPSA) is 20.3 Å². The maximum Gasteiger partial charge on any atom is 0.159 e. The number of fused-ring (bicyclic) bond motifs is 1. The summed E-state index contributed by atoms with van der Waals surface area (Å²) in [6.45, 7) is 3.94. The largest absolute Gasteiger partial charge is 0.372 e. The predicted molar refractivity (Wildman–Crippen MR) is 80.0 cm³/mol. The van der Waals surface area contributed by atoms with Crippen LogP contribution < -0.4 is 4.90 Å². The second-order valence-corrected chi connectivity index (χ2v) is 5.35. The van der Waals surface area contributed by atoms with Gasteiger partial charge in [-0.05, 0) is 55.2 Å². The Morgan fingerprint density at radius 1 is 0.947 bits per heavy atom. The van der Waals surface area contributed by atoms with E-state index in [1.54, 1.807) is 6.92 Å². The minimum atomic E-state index is 0.127. The van der Waals surface area contributed by atoms with Crippen LogP contribution >= 0.6 is 0 Å². The van der Waals surface area contributed by atoms with Gasteiger partial charge in [0, 0.05) is 24.3 Å². The van der Waals surface area contributed by atoms with Gasteiger partial charge in [0.15, 0.2) is 5.78 Å². The molecule has 1 fully saturated rings. The number of benzene rings is 2. The van der Waals surface area contributed by atoms with E-state index in [-0.39, 0.29) is 5.78 Å². The number of rotatable bonds is 2. The van der Waals surface area contributed by atoms with Gasteiger partial charge in [-0.1, -0.05) is 18.2 Å². The Labute approximate surface area is 114 Å². The molecule has 0 bridgehead atoms. The molecule has 1 aliphatic rings. The van der Waals surface area contributed by atoms with Gasteiger partial charge in [0.25, 0.3) is 0 Å². The molecule has 0 atom stereocenters. The van der Waals surface area contributed by atoms with Crippen molar-refractivity contribution in [3.63, 3.8) is 0 Å². The Morgan fingerprint density at radius 2 is 1.63 bits per heavy atom. The highest BCUT2D eigenvalue weighted by atomic mass is 16.1. The van der Waals surface area contributed by atoms with E-state index in [1.807, 2.05) is 12.1 Å². The SMILES string of the molecule is CC(=O)c1ccc2cc(N3CCCCC3)ccc2c1. The van der Waals surface area contributed by atoms with Gasteiger partial charge in [-0.3, -0.25) is 4.79 Å². The van der Waals surface area contributed by atoms with E-state index < -0.39 is 0 Å². The molecule has 1 heterocycles. The van der Waals surface area contributed by atoms with Crippen molar-refractivity contribution < 1.29 is 4.79 Å². The van der Waals surface area contributed by atoms with E-state index in [4.69, 9.17) is 0 Å². The minimum absolute atomic E-state index is 0.127. The Hall–Kier alpha value is -1.83. The quantitative estimate of drug-likeness (QED) is 0.753. The highest BCUT2D eigenvalue weighted by molar-refractivity contribution is 5.99. The molecule has 0 N–H and O–H groups in total. The fourth-order valence-corrected chi connectivity index (χ4v) is 2.80. The zero-order chi connectivity index (χ0) is 13.2. The van der Waals surface area contributed by atoms with Crippen molar-refractivity contribution in [2.75, 3.05) is 18.0 Å². The molecule has 1 aliphatic heterocycles. The minimum Gasteiger partial charge on any atom is -0.372 e. The van der Waals surface area contributed by atoms with Crippen molar-refractivity contribution in [3.8, 4) is 0 Å². The molecule has 2 heteroatoms. The van der Waals surface area contributed by atoms with Gasteiger partial charge >= 0.3 is 0 Å². The Bertz CT molecular complexity index is 612. The number of nitrogens with zero attached hydrogens (tertiary/aromatic N) is 1. The molecule has 0 radical (unpaired) electrons. The molecule has 0 unspecified atom stereocenters. The zero-order valence-corrected chi connectivity index (χ0v) is 11.4. The van der Waals surface area contributed by atoms with Crippen LogP contribution in [0.4, 0.5) is 5.69 Å². The maximum absolute atomic E-state index is 11.4. The second kappa shape index (κ2) is 5.04. The summed E-state index contributed by atoms with van der Waals surface area (Å²) in [5.74, 6) is 0.127. The molecule has 1 saturated heterocycles. The van der Waals surface area contributed by atoms with Gasteiger partial charge in [-0.25, -0.2) is 0 Å². The summed E-state index contributed by atoms with van der Waals surface area (Å²) < 4.78 is 0. The number of carbonyl (C=O) groups excluding carboxylic acids is 1. The van der Waals surface area contributed by atoms with Crippen molar-refractivity contribution in [1.82, 2.24) is 0 Å². The lowest BCUT2D eigenvalue weighted by Crippen LogP contribution is -2.29. The van der Waals surface area contributed by atoms with Crippen LogP contribution in [0.1, 0.15) is 36.5 Å². The molecular formula is C17H19NO. The average molecular weight is 253 g/mol. The van der Waals surface area contributed by atoms with E-state index in [0.717, 1.165) is 24.0 Å². The molecule has 0 aromatic heterocycles. The molecule has 98 valence electrons. The number of hydrogen-bond donors (Lipinski definition) is 0. The maximum atomic E-state index is 11.4. The lowest BCUT2D eigenvalue weighted by molar-refractivity contribution is 0.101. The van der Waals surface area contributed by atoms with Crippen molar-refractivity contribution >= 4 is 22.2 Å². The van der Waals surface area contributed by atoms with Crippen LogP contribution in [0.15, 0.2) is 36.4 Å². The summed E-state index contributed by atoms with van der Waals surface area (Å²) in [5, 5.41) is 2.36. The van der Waals surface area contributed by atoms with Gasteiger partial charge in [0.05, 0.1) is 0 Å². The van der Waals surface area contributed by atoms with Gasteiger partial charge in [-0.15, -0.1) is 0 Å². The lowest BCUT2D eigenvalue weighted by atomic mass is 10.0. The average Bonchev–Trinajstić information content (AvgIpc) is 2.47. The molecule has 0 saturated carbocycles. The van der Waals surface area contributed by atoms with Crippen LogP contribution in [-0.2, 0) is 0 Å². The highest BCUT2D eigenvalue weighted by Crippen LogP contribution is 2.25. The van der Waals surface area contributed by atoms with Crippen LogP contribution in [0, 0.1) is 0 Å². The van der Waals surface area contributed by atoms with Crippen LogP contribution in [-0.4, -0.2) is 18.9 Å². The van der Waals surface area contributed by atoms with E-state index in [1.165, 1.54) is 30.3 Å². The molecule has 19 heavy (non-hydrogen) atoms. The molecule has 0 spiro atoms. The van der Waals surface area contributed by atoms with Gasteiger partial charge < -0.3 is 4.90 Å². The van der Waals surface area contributed by atoms with E-state index in [9.17, 15) is 4.79 Å². The molecule has 2 aromatic carbocycles. The first-order chi connectivity index (χ1) is 9.24. The predicted octanol–water partition coefficient (Wildman–Crippen LogP) is 4.03. The fraction of sp³-hybridized carbons (Fsp3) is 0.353. The summed E-state index contributed by atoms with van der Waals surface area (Å²) >= 11 is 0. The van der Waals surface area contributed by atoms with Gasteiger partial charge in [0.2, 0.25) is 0 Å². The van der Waals surface area contributed by atoms with Crippen molar-refractivity contribution in [2.24, 2.45) is 0 Å². The smallest absolute Gasteiger partial charge is 0.159 e. The van der Waals surface area contributed by atoms with Crippen molar-refractivity contribution in [1.29, 1.82) is 0 Å². The third-order valence-corrected chi connectivity index (χ3v) is 3.95. The van der Waals surface area contributed by atoms with Crippen LogP contribution in [0.5, 0.6) is 0 Å². The van der Waals surface area contributed by atoms with Crippen molar-refractivity contribution in [3.05, 3.63) is 42.0 Å². The standard InChI is InChI=1S/C17H19NO/c1-13(19)14-5-6-16-12-17(8-7-15(16)11-14)18-9-3-2-4-10-18/h5-8,11-12H,2-4,9-10H2,1H3. The molecule has 0 aliphatic carbocycles. The summed E-state index contributed by atoms with van der Waals surface area (Å²) in [6, 6.07) is 12.5. The number of ketones is 1. The summed E-state index contributed by atoms with van der Waals surface area (Å²) in [7, 11) is 0. The van der Waals surface area contributed by atoms with Gasteiger partial charge in [0.1, 0.15) is 0 Å². The first kappa shape index (κ1) is 12.2. The number of piperidine rings is 1. The second-order valence-electron chi connectivity index (χ2n) is 5.35. The van der Waals surface area contributed by atoms with Crippen LogP contribution in [0.25, 0.3) is 10.8 Å². The Kier molecular flexibility index (Phi) is 3.24. The fourth-order valence-electron chi connectivity index (χ4n) is 2.80. The first-order valence-corrected chi connectivity index (χ1v) is 7.04. The number of anilines is 1. The third-order valence-electron chi connectivity index (χ3n) is 3.95. The van der Waals surface area contributed by atoms with E-state index in [2.05, 4.69) is 29.2 Å². The normalized spacial score (nSPS) is 15.7. The first-order valence-electron chi connectivity index (χ1n) is 7.04. The van der Waals surface area contributed by atoms with Crippen LogP contribution in [0.2, 0.25) is 0 Å². The van der Waals surface area contributed by atoms with E-state index >= 15 is 0 Å². The summed E-state index contributed by atoms with van der Waals surface area (Å²) in [5.41, 5.74) is 2.10. The molecular weight excluding hydrogens is 234 g/mol. The summed E-state index contributed by atoms with van der Waals surface area (Å²) in [6.07, 6.45) is 3.94. The van der Waals surface area contributed by atoms with Gasteiger partial charge in [-0.2, -0.15) is 0 Å². The number of carbonyl (C=O) groups is 1. The number of hydrogen-bond acceptors (Lipinski definition) is 2. The van der Waals surface area contributed by atoms with Crippen molar-refractivity contribution in [2.45, 2.75) is 26.2 Å².